The Morgan fingerprint density at radius 1 is 1.61 bits per heavy atom. The first-order valence-corrected chi connectivity index (χ1v) is 5.69. The van der Waals surface area contributed by atoms with Crippen LogP contribution >= 0.6 is 0 Å². The Kier molecular flexibility index (Phi) is 3.58. The molecule has 1 atom stereocenters. The predicted molar refractivity (Wildman–Crippen MR) is 64.0 cm³/mol. The van der Waals surface area contributed by atoms with Crippen LogP contribution in [0.1, 0.15) is 17.3 Å². The van der Waals surface area contributed by atoms with Gasteiger partial charge in [-0.2, -0.15) is 5.26 Å². The fourth-order valence-corrected chi connectivity index (χ4v) is 2.05. The van der Waals surface area contributed by atoms with Crippen molar-refractivity contribution in [1.82, 2.24) is 0 Å². The van der Waals surface area contributed by atoms with Crippen molar-refractivity contribution in [1.29, 1.82) is 5.26 Å². The van der Waals surface area contributed by atoms with Crippen molar-refractivity contribution < 1.29 is 13.9 Å². The molecular formula is C13H13FN2O2. The molecule has 0 spiro atoms. The number of ether oxygens (including phenoxy) is 1. The van der Waals surface area contributed by atoms with E-state index in [1.165, 1.54) is 19.1 Å². The van der Waals surface area contributed by atoms with Gasteiger partial charge >= 0.3 is 0 Å². The van der Waals surface area contributed by atoms with Crippen molar-refractivity contribution in [2.24, 2.45) is 0 Å². The fourth-order valence-electron chi connectivity index (χ4n) is 2.05. The zero-order chi connectivity index (χ0) is 13.1. The lowest BCUT2D eigenvalue weighted by Gasteiger charge is -2.32. The summed E-state index contributed by atoms with van der Waals surface area (Å²) < 4.78 is 19.1. The summed E-state index contributed by atoms with van der Waals surface area (Å²) in [5, 5.41) is 8.84. The van der Waals surface area contributed by atoms with Crippen molar-refractivity contribution in [2.75, 3.05) is 24.6 Å². The Balaban J connectivity index is 2.38. The lowest BCUT2D eigenvalue weighted by atomic mass is 10.1. The number of ketones is 1. The van der Waals surface area contributed by atoms with Crippen LogP contribution in [0.15, 0.2) is 18.2 Å². The molecule has 0 radical (unpaired) electrons. The predicted octanol–water partition coefficient (Wildman–Crippen LogP) is 1.76. The normalized spacial score (nSPS) is 19.4. The molecule has 18 heavy (non-hydrogen) atoms. The number of morpholine rings is 1. The zero-order valence-corrected chi connectivity index (χ0v) is 10.0. The molecule has 94 valence electrons. The van der Waals surface area contributed by atoms with Crippen molar-refractivity contribution in [2.45, 2.75) is 13.0 Å². The third-order valence-corrected chi connectivity index (χ3v) is 2.89. The van der Waals surface area contributed by atoms with E-state index < -0.39 is 11.9 Å². The first kappa shape index (κ1) is 12.5. The Morgan fingerprint density at radius 3 is 3.06 bits per heavy atom. The molecule has 0 N–H and O–H groups in total. The Morgan fingerprint density at radius 2 is 2.39 bits per heavy atom. The SMILES string of the molecule is CC(=O)c1cccc(F)c1N1CCOC(C#N)C1. The molecule has 2 rings (SSSR count). The maximum atomic E-state index is 13.9. The number of Topliss-reactive ketones (excluding diaryl/α,β-unsaturated/α-hetero) is 1. The largest absolute Gasteiger partial charge is 0.363 e. The number of carbonyl (C=O) groups is 1. The summed E-state index contributed by atoms with van der Waals surface area (Å²) in [6.07, 6.45) is -0.585. The van der Waals surface area contributed by atoms with Gasteiger partial charge in [0.25, 0.3) is 0 Å². The number of nitriles is 1. The molecule has 1 aliphatic rings. The zero-order valence-electron chi connectivity index (χ0n) is 10.0. The highest BCUT2D eigenvalue weighted by molar-refractivity contribution is 5.99. The van der Waals surface area contributed by atoms with Gasteiger partial charge in [0, 0.05) is 12.1 Å². The molecule has 0 saturated carbocycles. The highest BCUT2D eigenvalue weighted by Crippen LogP contribution is 2.26. The average Bonchev–Trinajstić information content (AvgIpc) is 2.38. The van der Waals surface area contributed by atoms with Gasteiger partial charge in [-0.05, 0) is 19.1 Å². The summed E-state index contributed by atoms with van der Waals surface area (Å²) in [6, 6.07) is 6.43. The molecule has 1 heterocycles. The molecule has 4 nitrogen and oxygen atoms in total. The van der Waals surface area contributed by atoms with Crippen molar-refractivity contribution in [3.63, 3.8) is 0 Å². The first-order valence-electron chi connectivity index (χ1n) is 5.69. The second-order valence-corrected chi connectivity index (χ2v) is 4.13. The molecule has 1 unspecified atom stereocenters. The van der Waals surface area contributed by atoms with E-state index in [9.17, 15) is 9.18 Å². The average molecular weight is 248 g/mol. The monoisotopic (exact) mass is 248 g/mol. The molecule has 0 aliphatic carbocycles. The number of carbonyl (C=O) groups excluding carboxylic acids is 1. The van der Waals surface area contributed by atoms with E-state index in [4.69, 9.17) is 10.00 Å². The summed E-state index contributed by atoms with van der Waals surface area (Å²) in [6.45, 7) is 2.50. The van der Waals surface area contributed by atoms with Crippen molar-refractivity contribution >= 4 is 11.5 Å². The van der Waals surface area contributed by atoms with Crippen LogP contribution in [0.25, 0.3) is 0 Å². The van der Waals surface area contributed by atoms with E-state index in [1.807, 2.05) is 6.07 Å². The molecule has 1 saturated heterocycles. The molecule has 1 fully saturated rings. The smallest absolute Gasteiger partial charge is 0.161 e. The van der Waals surface area contributed by atoms with Gasteiger partial charge in [0.15, 0.2) is 11.9 Å². The van der Waals surface area contributed by atoms with E-state index in [0.717, 1.165) is 0 Å². The lowest BCUT2D eigenvalue weighted by Crippen LogP contribution is -2.42. The van der Waals surface area contributed by atoms with E-state index in [1.54, 1.807) is 11.0 Å². The molecule has 1 aliphatic heterocycles. The summed E-state index contributed by atoms with van der Waals surface area (Å²) >= 11 is 0. The topological polar surface area (TPSA) is 53.3 Å². The number of halogens is 1. The molecule has 0 aromatic heterocycles. The second-order valence-electron chi connectivity index (χ2n) is 4.13. The molecular weight excluding hydrogens is 235 g/mol. The Hall–Kier alpha value is -1.93. The molecule has 0 bridgehead atoms. The van der Waals surface area contributed by atoms with Crippen LogP contribution < -0.4 is 4.90 Å². The minimum atomic E-state index is -0.585. The van der Waals surface area contributed by atoms with E-state index in [0.29, 0.717) is 18.7 Å². The quantitative estimate of drug-likeness (QED) is 0.748. The highest BCUT2D eigenvalue weighted by atomic mass is 19.1. The van der Waals surface area contributed by atoms with Gasteiger partial charge in [0.2, 0.25) is 0 Å². The van der Waals surface area contributed by atoms with E-state index in [-0.39, 0.29) is 18.0 Å². The van der Waals surface area contributed by atoms with Gasteiger partial charge in [0.1, 0.15) is 5.82 Å². The van der Waals surface area contributed by atoms with Crippen LogP contribution in [0.4, 0.5) is 10.1 Å². The number of hydrogen-bond donors (Lipinski definition) is 0. The third-order valence-electron chi connectivity index (χ3n) is 2.89. The molecule has 0 amide bonds. The summed E-state index contributed by atoms with van der Waals surface area (Å²) in [4.78, 5) is 13.2. The standard InChI is InChI=1S/C13H13FN2O2/c1-9(17)11-3-2-4-12(14)13(11)16-5-6-18-10(7-15)8-16/h2-4,10H,5-6,8H2,1H3. The van der Waals surface area contributed by atoms with Crippen LogP contribution in [0.5, 0.6) is 0 Å². The van der Waals surface area contributed by atoms with Crippen LogP contribution in [0.3, 0.4) is 0 Å². The third kappa shape index (κ3) is 2.34. The van der Waals surface area contributed by atoms with Crippen LogP contribution in [-0.2, 0) is 4.74 Å². The van der Waals surface area contributed by atoms with Gasteiger partial charge in [-0.25, -0.2) is 4.39 Å². The lowest BCUT2D eigenvalue weighted by molar-refractivity contribution is 0.0760. The molecule has 1 aromatic carbocycles. The summed E-state index contributed by atoms with van der Waals surface area (Å²) in [5.74, 6) is -0.634. The number of anilines is 1. The van der Waals surface area contributed by atoms with Crippen molar-refractivity contribution in [3.05, 3.63) is 29.6 Å². The van der Waals surface area contributed by atoms with Crippen LogP contribution in [0.2, 0.25) is 0 Å². The number of nitrogens with zero attached hydrogens (tertiary/aromatic N) is 2. The number of para-hydroxylation sites is 1. The van der Waals surface area contributed by atoms with Gasteiger partial charge in [0.05, 0.1) is 24.9 Å². The Labute approximate surface area is 105 Å². The highest BCUT2D eigenvalue weighted by Gasteiger charge is 2.25. The summed E-state index contributed by atoms with van der Waals surface area (Å²) in [5.41, 5.74) is 0.613. The maximum absolute atomic E-state index is 13.9. The Bertz CT molecular complexity index is 510. The van der Waals surface area contributed by atoms with E-state index in [2.05, 4.69) is 0 Å². The number of hydrogen-bond acceptors (Lipinski definition) is 4. The number of rotatable bonds is 2. The van der Waals surface area contributed by atoms with Crippen LogP contribution in [-0.4, -0.2) is 31.6 Å². The minimum Gasteiger partial charge on any atom is -0.363 e. The van der Waals surface area contributed by atoms with Gasteiger partial charge in [-0.3, -0.25) is 4.79 Å². The minimum absolute atomic E-state index is 0.190. The van der Waals surface area contributed by atoms with Gasteiger partial charge < -0.3 is 9.64 Å². The molecule has 1 aromatic rings. The van der Waals surface area contributed by atoms with Crippen molar-refractivity contribution in [3.8, 4) is 6.07 Å². The fraction of sp³-hybridized carbons (Fsp3) is 0.385. The van der Waals surface area contributed by atoms with Gasteiger partial charge in [-0.15, -0.1) is 0 Å². The first-order chi connectivity index (χ1) is 8.63. The second kappa shape index (κ2) is 5.15. The summed E-state index contributed by atoms with van der Waals surface area (Å²) in [7, 11) is 0. The van der Waals surface area contributed by atoms with Gasteiger partial charge in [-0.1, -0.05) is 6.07 Å². The maximum Gasteiger partial charge on any atom is 0.161 e. The number of benzene rings is 1. The van der Waals surface area contributed by atoms with Crippen LogP contribution in [0, 0.1) is 17.1 Å². The molecule has 5 heteroatoms. The van der Waals surface area contributed by atoms with E-state index >= 15 is 0 Å².